The number of carbonyl (C=O) groups is 1. The van der Waals surface area contributed by atoms with E-state index in [1.165, 1.54) is 0 Å². The highest BCUT2D eigenvalue weighted by Gasteiger charge is 2.02. The van der Waals surface area contributed by atoms with Crippen LogP contribution in [0.1, 0.15) is 12.5 Å². The SMILES string of the molecule is C=C(/C=C\C)C(=O)NOCc1ccccc1. The molecule has 0 aliphatic rings. The van der Waals surface area contributed by atoms with Gasteiger partial charge in [-0.1, -0.05) is 49.1 Å². The van der Waals surface area contributed by atoms with Crippen LogP contribution in [0.5, 0.6) is 0 Å². The quantitative estimate of drug-likeness (QED) is 0.467. The molecule has 3 nitrogen and oxygen atoms in total. The van der Waals surface area contributed by atoms with Gasteiger partial charge in [-0.25, -0.2) is 5.48 Å². The number of benzene rings is 1. The number of allylic oxidation sites excluding steroid dienone is 1. The largest absolute Gasteiger partial charge is 0.274 e. The molecule has 0 bridgehead atoms. The molecule has 3 heteroatoms. The Hall–Kier alpha value is -1.87. The van der Waals surface area contributed by atoms with Gasteiger partial charge in [0.2, 0.25) is 0 Å². The molecule has 0 saturated carbocycles. The molecule has 16 heavy (non-hydrogen) atoms. The second-order valence-corrected chi connectivity index (χ2v) is 3.23. The first-order chi connectivity index (χ1) is 7.74. The second-order valence-electron chi connectivity index (χ2n) is 3.23. The lowest BCUT2D eigenvalue weighted by atomic mass is 10.2. The van der Waals surface area contributed by atoms with Crippen LogP contribution < -0.4 is 5.48 Å². The van der Waals surface area contributed by atoms with Gasteiger partial charge in [-0.05, 0) is 12.5 Å². The van der Waals surface area contributed by atoms with Crippen LogP contribution in [0.15, 0.2) is 54.6 Å². The van der Waals surface area contributed by atoms with Gasteiger partial charge >= 0.3 is 0 Å². The Balaban J connectivity index is 2.31. The highest BCUT2D eigenvalue weighted by atomic mass is 16.6. The molecule has 0 heterocycles. The molecule has 0 aliphatic carbocycles. The Morgan fingerprint density at radius 1 is 1.44 bits per heavy atom. The molecule has 1 amide bonds. The summed E-state index contributed by atoms with van der Waals surface area (Å²) in [7, 11) is 0. The number of rotatable bonds is 5. The van der Waals surface area contributed by atoms with Crippen molar-refractivity contribution >= 4 is 5.91 Å². The van der Waals surface area contributed by atoms with Crippen LogP contribution in [0.2, 0.25) is 0 Å². The van der Waals surface area contributed by atoms with E-state index in [2.05, 4.69) is 12.1 Å². The Morgan fingerprint density at radius 2 is 2.12 bits per heavy atom. The molecule has 1 rings (SSSR count). The van der Waals surface area contributed by atoms with E-state index in [0.29, 0.717) is 12.2 Å². The summed E-state index contributed by atoms with van der Waals surface area (Å²) in [5, 5.41) is 0. The third-order valence-corrected chi connectivity index (χ3v) is 1.91. The molecular weight excluding hydrogens is 202 g/mol. The predicted molar refractivity (Wildman–Crippen MR) is 63.3 cm³/mol. The van der Waals surface area contributed by atoms with Crippen LogP contribution >= 0.6 is 0 Å². The van der Waals surface area contributed by atoms with Crippen LogP contribution in [-0.2, 0) is 16.2 Å². The standard InChI is InChI=1S/C13H15NO2/c1-3-7-11(2)13(15)14-16-10-12-8-5-4-6-9-12/h3-9H,2,10H2,1H3,(H,14,15)/b7-3-. The summed E-state index contributed by atoms with van der Waals surface area (Å²) in [4.78, 5) is 16.4. The molecular formula is C13H15NO2. The molecule has 0 unspecified atom stereocenters. The predicted octanol–water partition coefficient (Wildman–Crippen LogP) is 2.37. The van der Waals surface area contributed by atoms with E-state index < -0.39 is 0 Å². The number of hydrogen-bond donors (Lipinski definition) is 1. The van der Waals surface area contributed by atoms with Crippen molar-refractivity contribution in [2.24, 2.45) is 0 Å². The lowest BCUT2D eigenvalue weighted by Gasteiger charge is -2.05. The smallest absolute Gasteiger partial charge is 0.269 e. The van der Waals surface area contributed by atoms with Gasteiger partial charge in [0.15, 0.2) is 0 Å². The normalized spacial score (nSPS) is 10.3. The summed E-state index contributed by atoms with van der Waals surface area (Å²) in [6.07, 6.45) is 3.38. The molecule has 0 atom stereocenters. The van der Waals surface area contributed by atoms with Gasteiger partial charge in [0.05, 0.1) is 6.61 Å². The number of hydrogen-bond acceptors (Lipinski definition) is 2. The Kier molecular flexibility index (Phi) is 5.02. The molecule has 0 aliphatic heterocycles. The molecule has 1 aromatic carbocycles. The Morgan fingerprint density at radius 3 is 2.75 bits per heavy atom. The van der Waals surface area contributed by atoms with Crippen molar-refractivity contribution in [3.8, 4) is 0 Å². The maximum absolute atomic E-state index is 11.3. The van der Waals surface area contributed by atoms with Crippen molar-refractivity contribution in [1.82, 2.24) is 5.48 Å². The molecule has 1 N–H and O–H groups in total. The fourth-order valence-corrected chi connectivity index (χ4v) is 1.10. The molecule has 0 radical (unpaired) electrons. The minimum absolute atomic E-state index is 0.325. The number of nitrogens with one attached hydrogen (secondary N) is 1. The molecule has 0 saturated heterocycles. The van der Waals surface area contributed by atoms with E-state index >= 15 is 0 Å². The van der Waals surface area contributed by atoms with Crippen LogP contribution in [0.3, 0.4) is 0 Å². The second kappa shape index (κ2) is 6.58. The average molecular weight is 217 g/mol. The first-order valence-corrected chi connectivity index (χ1v) is 5.01. The maximum Gasteiger partial charge on any atom is 0.274 e. The summed E-state index contributed by atoms with van der Waals surface area (Å²) >= 11 is 0. The minimum atomic E-state index is -0.325. The van der Waals surface area contributed by atoms with Crippen molar-refractivity contribution in [2.45, 2.75) is 13.5 Å². The van der Waals surface area contributed by atoms with E-state index in [-0.39, 0.29) is 5.91 Å². The lowest BCUT2D eigenvalue weighted by molar-refractivity contribution is -0.130. The molecule has 0 fully saturated rings. The molecule has 84 valence electrons. The maximum atomic E-state index is 11.3. The van der Waals surface area contributed by atoms with Gasteiger partial charge in [0.25, 0.3) is 5.91 Å². The third-order valence-electron chi connectivity index (χ3n) is 1.91. The van der Waals surface area contributed by atoms with Crippen molar-refractivity contribution in [1.29, 1.82) is 0 Å². The lowest BCUT2D eigenvalue weighted by Crippen LogP contribution is -2.24. The fourth-order valence-electron chi connectivity index (χ4n) is 1.10. The van der Waals surface area contributed by atoms with Crippen LogP contribution in [0, 0.1) is 0 Å². The third kappa shape index (κ3) is 4.11. The van der Waals surface area contributed by atoms with Gasteiger partial charge in [0, 0.05) is 5.57 Å². The summed E-state index contributed by atoms with van der Waals surface area (Å²) in [6.45, 7) is 5.76. The summed E-state index contributed by atoms with van der Waals surface area (Å²) in [5.74, 6) is -0.325. The molecule has 0 spiro atoms. The number of amides is 1. The summed E-state index contributed by atoms with van der Waals surface area (Å²) < 4.78 is 0. The van der Waals surface area contributed by atoms with Crippen molar-refractivity contribution in [3.05, 3.63) is 60.2 Å². The van der Waals surface area contributed by atoms with E-state index in [1.807, 2.05) is 37.3 Å². The van der Waals surface area contributed by atoms with E-state index in [0.717, 1.165) is 5.56 Å². The zero-order valence-corrected chi connectivity index (χ0v) is 9.27. The van der Waals surface area contributed by atoms with Gasteiger partial charge in [-0.2, -0.15) is 0 Å². The highest BCUT2D eigenvalue weighted by molar-refractivity contribution is 5.94. The minimum Gasteiger partial charge on any atom is -0.269 e. The van der Waals surface area contributed by atoms with E-state index in [9.17, 15) is 4.79 Å². The summed E-state index contributed by atoms with van der Waals surface area (Å²) in [6, 6.07) is 9.61. The first kappa shape index (κ1) is 12.2. The van der Waals surface area contributed by atoms with E-state index in [1.54, 1.807) is 12.2 Å². The fraction of sp³-hybridized carbons (Fsp3) is 0.154. The molecule has 0 aromatic heterocycles. The van der Waals surface area contributed by atoms with Gasteiger partial charge in [-0.15, -0.1) is 0 Å². The first-order valence-electron chi connectivity index (χ1n) is 5.01. The monoisotopic (exact) mass is 217 g/mol. The number of carbonyl (C=O) groups excluding carboxylic acids is 1. The Labute approximate surface area is 95.4 Å². The van der Waals surface area contributed by atoms with Gasteiger partial charge < -0.3 is 0 Å². The number of hydroxylamine groups is 1. The van der Waals surface area contributed by atoms with Crippen LogP contribution in [0.4, 0.5) is 0 Å². The Bertz CT molecular complexity index is 382. The topological polar surface area (TPSA) is 38.3 Å². The van der Waals surface area contributed by atoms with Crippen molar-refractivity contribution < 1.29 is 9.63 Å². The van der Waals surface area contributed by atoms with Crippen molar-refractivity contribution in [3.63, 3.8) is 0 Å². The summed E-state index contributed by atoms with van der Waals surface area (Å²) in [5.41, 5.74) is 3.70. The highest BCUT2D eigenvalue weighted by Crippen LogP contribution is 1.99. The zero-order valence-electron chi connectivity index (χ0n) is 9.27. The van der Waals surface area contributed by atoms with E-state index in [4.69, 9.17) is 4.84 Å². The van der Waals surface area contributed by atoms with Crippen LogP contribution in [-0.4, -0.2) is 5.91 Å². The van der Waals surface area contributed by atoms with Crippen LogP contribution in [0.25, 0.3) is 0 Å². The van der Waals surface area contributed by atoms with Gasteiger partial charge in [-0.3, -0.25) is 9.63 Å². The van der Waals surface area contributed by atoms with Crippen molar-refractivity contribution in [2.75, 3.05) is 0 Å². The molecule has 1 aromatic rings. The van der Waals surface area contributed by atoms with Gasteiger partial charge in [0.1, 0.15) is 0 Å². The zero-order chi connectivity index (χ0) is 11.8. The average Bonchev–Trinajstić information content (AvgIpc) is 2.30.